The summed E-state index contributed by atoms with van der Waals surface area (Å²) in [5.41, 5.74) is 6.47. The van der Waals surface area contributed by atoms with Crippen LogP contribution in [0, 0.1) is 26.2 Å². The second-order valence-electron chi connectivity index (χ2n) is 13.4. The maximum Gasteiger partial charge on any atom is 0.264 e. The predicted octanol–water partition coefficient (Wildman–Crippen LogP) is 6.87. The van der Waals surface area contributed by atoms with Crippen LogP contribution in [0.4, 0.5) is 11.6 Å². The highest BCUT2D eigenvalue weighted by molar-refractivity contribution is 7.92. The maximum atomic E-state index is 14.6. The van der Waals surface area contributed by atoms with Crippen molar-refractivity contribution < 1.29 is 17.9 Å². The van der Waals surface area contributed by atoms with Crippen molar-refractivity contribution >= 4 is 33.6 Å². The number of allylic oxidation sites excluding steroid dienone is 1. The normalized spacial score (nSPS) is 16.4. The van der Waals surface area contributed by atoms with Crippen LogP contribution < -0.4 is 14.4 Å². The molecule has 4 bridgehead atoms. The molecule has 0 fully saturated rings. The van der Waals surface area contributed by atoms with Crippen LogP contribution in [0.25, 0.3) is 17.3 Å². The largest absolute Gasteiger partial charge is 0.475 e. The van der Waals surface area contributed by atoms with Gasteiger partial charge in [0, 0.05) is 23.7 Å². The number of aryl methyl sites for hydroxylation is 3. The summed E-state index contributed by atoms with van der Waals surface area (Å²) in [6.45, 7) is 16.2. The first-order chi connectivity index (χ1) is 21.6. The zero-order valence-corrected chi connectivity index (χ0v) is 28.8. The van der Waals surface area contributed by atoms with Crippen LogP contribution in [-0.2, 0) is 17.1 Å². The van der Waals surface area contributed by atoms with E-state index >= 15 is 0 Å². The van der Waals surface area contributed by atoms with E-state index in [0.29, 0.717) is 23.4 Å². The topological polar surface area (TPSA) is 119 Å². The van der Waals surface area contributed by atoms with E-state index in [1.165, 1.54) is 12.1 Å². The second kappa shape index (κ2) is 12.4. The van der Waals surface area contributed by atoms with E-state index in [2.05, 4.69) is 35.6 Å². The molecular weight excluding hydrogens is 600 g/mol. The molecule has 0 spiro atoms. The third kappa shape index (κ3) is 6.69. The second-order valence-corrected chi connectivity index (χ2v) is 15.1. The first-order valence-electron chi connectivity index (χ1n) is 15.3. The van der Waals surface area contributed by atoms with Crippen LogP contribution in [0.15, 0.2) is 59.1 Å². The third-order valence-electron chi connectivity index (χ3n) is 7.93. The first-order valence-corrected chi connectivity index (χ1v) is 16.8. The Morgan fingerprint density at radius 2 is 1.74 bits per heavy atom. The Kier molecular flexibility index (Phi) is 8.83. The number of hydrogen-bond donors (Lipinski definition) is 1. The van der Waals surface area contributed by atoms with Crippen LogP contribution in [0.5, 0.6) is 5.88 Å². The van der Waals surface area contributed by atoms with Crippen molar-refractivity contribution in [1.82, 2.24) is 19.7 Å². The van der Waals surface area contributed by atoms with Crippen molar-refractivity contribution in [3.05, 3.63) is 82.2 Å². The minimum Gasteiger partial charge on any atom is -0.475 e. The van der Waals surface area contributed by atoms with E-state index in [9.17, 15) is 13.2 Å². The molecule has 10 nitrogen and oxygen atoms in total. The third-order valence-corrected chi connectivity index (χ3v) is 9.26. The number of fused-ring (bicyclic) bond motifs is 4. The Morgan fingerprint density at radius 3 is 2.39 bits per heavy atom. The summed E-state index contributed by atoms with van der Waals surface area (Å²) in [7, 11) is -2.35. The molecule has 4 aromatic rings. The van der Waals surface area contributed by atoms with Crippen LogP contribution in [0.1, 0.15) is 73.8 Å². The van der Waals surface area contributed by atoms with Crippen molar-refractivity contribution in [3.8, 4) is 17.1 Å². The van der Waals surface area contributed by atoms with Crippen molar-refractivity contribution in [3.63, 3.8) is 0 Å². The molecule has 2 aromatic heterocycles. The average Bonchev–Trinajstić information content (AvgIpc) is 3.30. The number of rotatable bonds is 4. The molecule has 1 aliphatic heterocycles. The number of benzene rings is 2. The fraction of sp³-hybridized carbons (Fsp3) is 0.371. The molecule has 1 aliphatic rings. The number of nitrogens with zero attached hydrogens (tertiary/aromatic N) is 5. The minimum absolute atomic E-state index is 0.0825. The Labute approximate surface area is 271 Å². The lowest BCUT2D eigenvalue weighted by molar-refractivity contribution is 0.0955. The highest BCUT2D eigenvalue weighted by Gasteiger charge is 2.34. The summed E-state index contributed by atoms with van der Waals surface area (Å²) in [5.74, 6) is -0.244. The van der Waals surface area contributed by atoms with Crippen LogP contribution in [0.3, 0.4) is 0 Å². The smallest absolute Gasteiger partial charge is 0.264 e. The number of ether oxygens (including phenoxy) is 1. The molecule has 46 heavy (non-hydrogen) atoms. The molecule has 3 heterocycles. The molecule has 1 N–H and O–H groups in total. The number of amides is 1. The number of carbonyl (C=O) groups is 1. The van der Waals surface area contributed by atoms with E-state index < -0.39 is 16.1 Å². The van der Waals surface area contributed by atoms with E-state index in [4.69, 9.17) is 9.72 Å². The van der Waals surface area contributed by atoms with E-state index in [0.717, 1.165) is 28.0 Å². The zero-order chi connectivity index (χ0) is 33.6. The number of sulfonamides is 1. The lowest BCUT2D eigenvalue weighted by Gasteiger charge is -2.35. The Balaban J connectivity index is 1.79. The number of carbonyl (C=O) groups excluding carboxylic acids is 1. The van der Waals surface area contributed by atoms with Crippen molar-refractivity contribution in [2.24, 2.45) is 12.5 Å². The van der Waals surface area contributed by atoms with Crippen LogP contribution in [0.2, 0.25) is 0 Å². The summed E-state index contributed by atoms with van der Waals surface area (Å²) in [5, 5.41) is 4.52. The lowest BCUT2D eigenvalue weighted by atomic mass is 9.87. The SMILES string of the molecule is CC(C)=Cc1c(N2C(=O)c3cccc(c3)S(=O)(=O)Nc3nc(c(C)c(-c4c(C)cccc4C)n3)OC[C@H]2CC(C)(C)C)cnn1C. The molecule has 1 amide bonds. The maximum absolute atomic E-state index is 14.6. The molecule has 2 aromatic carbocycles. The zero-order valence-electron chi connectivity index (χ0n) is 28.0. The lowest BCUT2D eigenvalue weighted by Crippen LogP contribution is -2.46. The van der Waals surface area contributed by atoms with Gasteiger partial charge in [-0.2, -0.15) is 10.1 Å². The van der Waals surface area contributed by atoms with Gasteiger partial charge in [0.2, 0.25) is 11.8 Å². The molecule has 0 aliphatic carbocycles. The Bertz CT molecular complexity index is 1930. The first kappa shape index (κ1) is 32.9. The van der Waals surface area contributed by atoms with Crippen molar-refractivity contribution in [2.75, 3.05) is 16.2 Å². The average molecular weight is 643 g/mol. The van der Waals surface area contributed by atoms with Gasteiger partial charge in [-0.05, 0) is 81.9 Å². The summed E-state index contributed by atoms with van der Waals surface area (Å²) < 4.78 is 38.3. The predicted molar refractivity (Wildman–Crippen MR) is 182 cm³/mol. The van der Waals surface area contributed by atoms with Gasteiger partial charge < -0.3 is 4.74 Å². The summed E-state index contributed by atoms with van der Waals surface area (Å²) >= 11 is 0. The molecule has 0 saturated carbocycles. The fourth-order valence-corrected chi connectivity index (χ4v) is 6.86. The van der Waals surface area contributed by atoms with Gasteiger partial charge in [0.25, 0.3) is 15.9 Å². The van der Waals surface area contributed by atoms with Gasteiger partial charge in [-0.3, -0.25) is 14.4 Å². The van der Waals surface area contributed by atoms with Gasteiger partial charge in [-0.25, -0.2) is 18.1 Å². The molecule has 0 saturated heterocycles. The fourth-order valence-electron chi connectivity index (χ4n) is 5.87. The summed E-state index contributed by atoms with van der Waals surface area (Å²) in [6.07, 6.45) is 4.22. The van der Waals surface area contributed by atoms with Crippen LogP contribution >= 0.6 is 0 Å². The van der Waals surface area contributed by atoms with E-state index in [1.54, 1.807) is 27.9 Å². The van der Waals surface area contributed by atoms with Gasteiger partial charge in [0.15, 0.2) is 0 Å². The number of aromatic nitrogens is 4. The highest BCUT2D eigenvalue weighted by Crippen LogP contribution is 2.36. The van der Waals surface area contributed by atoms with E-state index in [1.807, 2.05) is 65.9 Å². The van der Waals surface area contributed by atoms with Gasteiger partial charge in [-0.1, -0.05) is 50.6 Å². The molecule has 1 atom stereocenters. The van der Waals surface area contributed by atoms with Gasteiger partial charge in [-0.15, -0.1) is 0 Å². The minimum atomic E-state index is -4.19. The van der Waals surface area contributed by atoms with Crippen molar-refractivity contribution in [1.29, 1.82) is 0 Å². The number of hydrogen-bond acceptors (Lipinski definition) is 7. The van der Waals surface area contributed by atoms with E-state index in [-0.39, 0.29) is 40.2 Å². The summed E-state index contributed by atoms with van der Waals surface area (Å²) in [6, 6.07) is 11.5. The molecule has 0 radical (unpaired) electrons. The molecule has 242 valence electrons. The standard InChI is InChI=1S/C35H42N6O4S/c1-21(2)16-28-29(19-36-40(28)9)41-26(18-35(6,7)8)20-45-32-24(5)31(30-22(3)12-10-13-23(30)4)37-34(38-32)39-46(43,44)27-15-11-14-25(17-27)33(41)42/h10-17,19,26H,18,20H2,1-9H3,(H,37,38,39)/t26-/m1/s1. The highest BCUT2D eigenvalue weighted by atomic mass is 32.2. The van der Waals surface area contributed by atoms with Gasteiger partial charge >= 0.3 is 0 Å². The molecule has 0 unspecified atom stereocenters. The molecule has 11 heteroatoms. The number of anilines is 2. The number of nitrogens with one attached hydrogen (secondary N) is 1. The van der Waals surface area contributed by atoms with Gasteiger partial charge in [0.05, 0.1) is 34.2 Å². The Morgan fingerprint density at radius 1 is 1.07 bits per heavy atom. The van der Waals surface area contributed by atoms with Crippen molar-refractivity contribution in [2.45, 2.75) is 72.7 Å². The quantitative estimate of drug-likeness (QED) is 0.258. The monoisotopic (exact) mass is 642 g/mol. The van der Waals surface area contributed by atoms with Gasteiger partial charge in [0.1, 0.15) is 6.61 Å². The molecular formula is C35H42N6O4S. The Hall–Kier alpha value is -4.51. The summed E-state index contributed by atoms with van der Waals surface area (Å²) in [4.78, 5) is 25.5. The molecule has 5 rings (SSSR count). The van der Waals surface area contributed by atoms with Crippen LogP contribution in [-0.4, -0.2) is 46.7 Å².